The lowest BCUT2D eigenvalue weighted by Crippen LogP contribution is -2.28. The van der Waals surface area contributed by atoms with Crippen LogP contribution < -0.4 is 0 Å². The number of alkyl halides is 1. The van der Waals surface area contributed by atoms with Crippen LogP contribution >= 0.6 is 11.6 Å². The number of nitrogens with zero attached hydrogens (tertiary/aromatic N) is 1. The summed E-state index contributed by atoms with van der Waals surface area (Å²) in [6.45, 7) is 9.64. The highest BCUT2D eigenvalue weighted by molar-refractivity contribution is 6.19. The van der Waals surface area contributed by atoms with E-state index in [2.05, 4.69) is 20.4 Å². The quantitative estimate of drug-likeness (QED) is 0.521. The molecule has 0 aromatic rings. The van der Waals surface area contributed by atoms with Crippen LogP contribution in [0.1, 0.15) is 20.3 Å². The lowest BCUT2D eigenvalue weighted by molar-refractivity contribution is -0.127. The highest BCUT2D eigenvalue weighted by Crippen LogP contribution is 2.25. The van der Waals surface area contributed by atoms with Crippen LogP contribution in [0.2, 0.25) is 0 Å². The fourth-order valence-corrected chi connectivity index (χ4v) is 1.80. The summed E-state index contributed by atoms with van der Waals surface area (Å²) in [4.78, 5) is 13.5. The van der Waals surface area contributed by atoms with Crippen LogP contribution in [0.25, 0.3) is 0 Å². The van der Waals surface area contributed by atoms with Crippen LogP contribution in [-0.2, 0) is 4.79 Å². The maximum absolute atomic E-state index is 11.6. The van der Waals surface area contributed by atoms with Crippen molar-refractivity contribution in [3.8, 4) is 0 Å². The number of carbonyl (C=O) groups is 1. The van der Waals surface area contributed by atoms with E-state index in [0.29, 0.717) is 30.7 Å². The lowest BCUT2D eigenvalue weighted by Gasteiger charge is -2.18. The molecule has 0 aliphatic carbocycles. The molecule has 1 aliphatic rings. The van der Waals surface area contributed by atoms with Gasteiger partial charge in [0.25, 0.3) is 0 Å². The smallest absolute Gasteiger partial charge is 0.223 e. The molecule has 1 saturated heterocycles. The summed E-state index contributed by atoms with van der Waals surface area (Å²) in [5, 5.41) is 0. The van der Waals surface area contributed by atoms with E-state index in [1.54, 1.807) is 0 Å². The molecule has 14 heavy (non-hydrogen) atoms. The van der Waals surface area contributed by atoms with Gasteiger partial charge < -0.3 is 4.90 Å². The van der Waals surface area contributed by atoms with Crippen molar-refractivity contribution < 1.29 is 4.79 Å². The molecule has 1 fully saturated rings. The molecule has 1 amide bonds. The van der Waals surface area contributed by atoms with E-state index in [9.17, 15) is 4.79 Å². The van der Waals surface area contributed by atoms with Crippen molar-refractivity contribution in [1.29, 1.82) is 0 Å². The molecule has 0 aromatic heterocycles. The number of carbonyl (C=O) groups excluding carboxylic acids is 1. The maximum atomic E-state index is 11.6. The monoisotopic (exact) mass is 215 g/mol. The minimum atomic E-state index is 0.245. The molecule has 0 spiro atoms. The molecule has 0 aromatic carbocycles. The number of halogens is 1. The van der Waals surface area contributed by atoms with Gasteiger partial charge in [0, 0.05) is 25.4 Å². The second-order valence-corrected chi connectivity index (χ2v) is 4.63. The van der Waals surface area contributed by atoms with Gasteiger partial charge in [-0.2, -0.15) is 0 Å². The van der Waals surface area contributed by atoms with Crippen molar-refractivity contribution in [3.63, 3.8) is 0 Å². The van der Waals surface area contributed by atoms with Gasteiger partial charge in [0.15, 0.2) is 0 Å². The van der Waals surface area contributed by atoms with Crippen LogP contribution in [0.4, 0.5) is 0 Å². The first kappa shape index (κ1) is 11.6. The van der Waals surface area contributed by atoms with Gasteiger partial charge in [0.05, 0.1) is 0 Å². The summed E-state index contributed by atoms with van der Waals surface area (Å²) in [6.07, 6.45) is 0.688. The summed E-state index contributed by atoms with van der Waals surface area (Å²) < 4.78 is 0. The fraction of sp³-hybridized carbons (Fsp3) is 0.727. The van der Waals surface area contributed by atoms with Crippen molar-refractivity contribution in [2.45, 2.75) is 20.3 Å². The van der Waals surface area contributed by atoms with Crippen LogP contribution in [0.15, 0.2) is 12.2 Å². The Morgan fingerprint density at radius 2 is 2.36 bits per heavy atom. The van der Waals surface area contributed by atoms with E-state index < -0.39 is 0 Å². The normalized spacial score (nSPS) is 22.1. The number of hydrogen-bond acceptors (Lipinski definition) is 1. The third-order valence-electron chi connectivity index (χ3n) is 2.79. The van der Waals surface area contributed by atoms with Gasteiger partial charge in [0.1, 0.15) is 0 Å². The Hall–Kier alpha value is -0.500. The molecule has 1 aliphatic heterocycles. The first-order chi connectivity index (χ1) is 6.54. The van der Waals surface area contributed by atoms with E-state index in [1.807, 2.05) is 4.90 Å². The largest absolute Gasteiger partial charge is 0.338 e. The number of amides is 1. The van der Waals surface area contributed by atoms with Gasteiger partial charge >= 0.3 is 0 Å². The number of likely N-dealkylation sites (tertiary alicyclic amines) is 1. The summed E-state index contributed by atoms with van der Waals surface area (Å²) in [5.41, 5.74) is 0.921. The predicted molar refractivity (Wildman–Crippen MR) is 59.4 cm³/mol. The highest BCUT2D eigenvalue weighted by Gasteiger charge is 2.31. The van der Waals surface area contributed by atoms with Crippen LogP contribution in [-0.4, -0.2) is 29.8 Å². The van der Waals surface area contributed by atoms with Crippen LogP contribution in [0, 0.1) is 11.8 Å². The fourth-order valence-electron chi connectivity index (χ4n) is 1.71. The van der Waals surface area contributed by atoms with Crippen molar-refractivity contribution in [2.24, 2.45) is 11.8 Å². The van der Waals surface area contributed by atoms with E-state index in [1.165, 1.54) is 0 Å². The second kappa shape index (κ2) is 4.83. The molecule has 2 nitrogen and oxygen atoms in total. The van der Waals surface area contributed by atoms with E-state index >= 15 is 0 Å². The number of hydrogen-bond donors (Lipinski definition) is 0. The van der Waals surface area contributed by atoms with E-state index in [0.717, 1.165) is 12.1 Å². The zero-order valence-corrected chi connectivity index (χ0v) is 9.68. The van der Waals surface area contributed by atoms with Gasteiger partial charge in [-0.05, 0) is 17.4 Å². The zero-order chi connectivity index (χ0) is 10.7. The van der Waals surface area contributed by atoms with Crippen LogP contribution in [0.3, 0.4) is 0 Å². The van der Waals surface area contributed by atoms with Gasteiger partial charge in [-0.1, -0.05) is 20.4 Å². The Kier molecular flexibility index (Phi) is 3.99. The molecular formula is C11H18ClNO. The van der Waals surface area contributed by atoms with Gasteiger partial charge in [0.2, 0.25) is 5.91 Å². The third kappa shape index (κ3) is 2.74. The Balaban J connectivity index is 2.49. The minimum Gasteiger partial charge on any atom is -0.338 e. The molecule has 1 rings (SSSR count). The highest BCUT2D eigenvalue weighted by atomic mass is 35.5. The average molecular weight is 216 g/mol. The van der Waals surface area contributed by atoms with Crippen molar-refractivity contribution >= 4 is 17.5 Å². The molecule has 1 unspecified atom stereocenters. The van der Waals surface area contributed by atoms with Gasteiger partial charge in [-0.25, -0.2) is 0 Å². The standard InChI is InChI=1S/C11H18ClNO/c1-8(2)10-4-11(14)13(7-10)6-9(3)5-12/h8,10H,3-7H2,1-2H3. The first-order valence-corrected chi connectivity index (χ1v) is 5.58. The van der Waals surface area contributed by atoms with Gasteiger partial charge in [-0.3, -0.25) is 4.79 Å². The zero-order valence-electron chi connectivity index (χ0n) is 8.92. The van der Waals surface area contributed by atoms with Gasteiger partial charge in [-0.15, -0.1) is 11.6 Å². The Morgan fingerprint density at radius 1 is 1.71 bits per heavy atom. The molecule has 3 heteroatoms. The van der Waals surface area contributed by atoms with E-state index in [4.69, 9.17) is 11.6 Å². The molecule has 0 bridgehead atoms. The van der Waals surface area contributed by atoms with Crippen molar-refractivity contribution in [2.75, 3.05) is 19.0 Å². The lowest BCUT2D eigenvalue weighted by atomic mass is 9.95. The van der Waals surface area contributed by atoms with Crippen molar-refractivity contribution in [3.05, 3.63) is 12.2 Å². The summed E-state index contributed by atoms with van der Waals surface area (Å²) in [7, 11) is 0. The topological polar surface area (TPSA) is 20.3 Å². The van der Waals surface area contributed by atoms with Crippen molar-refractivity contribution in [1.82, 2.24) is 4.90 Å². The predicted octanol–water partition coefficient (Wildman–Crippen LogP) is 2.29. The van der Waals surface area contributed by atoms with E-state index in [-0.39, 0.29) is 5.91 Å². The van der Waals surface area contributed by atoms with Crippen LogP contribution in [0.5, 0.6) is 0 Å². The first-order valence-electron chi connectivity index (χ1n) is 5.05. The maximum Gasteiger partial charge on any atom is 0.223 e. The Labute approximate surface area is 90.9 Å². The minimum absolute atomic E-state index is 0.245. The summed E-state index contributed by atoms with van der Waals surface area (Å²) in [6, 6.07) is 0. The third-order valence-corrected chi connectivity index (χ3v) is 3.17. The molecule has 1 heterocycles. The molecular weight excluding hydrogens is 198 g/mol. The molecule has 0 radical (unpaired) electrons. The number of rotatable bonds is 4. The molecule has 0 saturated carbocycles. The molecule has 80 valence electrons. The SMILES string of the molecule is C=C(CCl)CN1CC(C(C)C)CC1=O. The summed E-state index contributed by atoms with van der Waals surface area (Å²) >= 11 is 5.64. The molecule has 0 N–H and O–H groups in total. The Bertz CT molecular complexity index is 237. The average Bonchev–Trinajstić information content (AvgIpc) is 2.48. The second-order valence-electron chi connectivity index (χ2n) is 4.37. The summed E-state index contributed by atoms with van der Waals surface area (Å²) in [5.74, 6) is 1.77. The molecule has 1 atom stereocenters. The Morgan fingerprint density at radius 3 is 2.79 bits per heavy atom.